The number of anilines is 1. The number of nitriles is 1. The summed E-state index contributed by atoms with van der Waals surface area (Å²) >= 11 is 7.37. The number of carbonyl (C=O) groups excluding carboxylic acids is 1. The van der Waals surface area contributed by atoms with Gasteiger partial charge < -0.3 is 5.32 Å². The van der Waals surface area contributed by atoms with Gasteiger partial charge in [0.2, 0.25) is 5.91 Å². The van der Waals surface area contributed by atoms with Crippen molar-refractivity contribution in [1.29, 1.82) is 5.26 Å². The monoisotopic (exact) mass is 473 g/mol. The lowest BCUT2D eigenvalue weighted by Gasteiger charge is -2.14. The van der Waals surface area contributed by atoms with Gasteiger partial charge in [0.05, 0.1) is 16.9 Å². The number of thioether (sulfide) groups is 1. The molecule has 33 heavy (non-hydrogen) atoms. The standard InChI is InChI=1S/C25H20ClN5OS/c1-16-6-12-22(13-7-16)31-23(19-8-10-20(26)11-9-19)29-30-25(31)33-17(2)24(32)28-21-5-3-4-18(14-21)15-27/h3-14,17H,1-2H3,(H,28,32). The van der Waals surface area contributed by atoms with Gasteiger partial charge in [-0.25, -0.2) is 0 Å². The summed E-state index contributed by atoms with van der Waals surface area (Å²) in [5.41, 5.74) is 3.96. The van der Waals surface area contributed by atoms with Crippen molar-refractivity contribution < 1.29 is 4.79 Å². The van der Waals surface area contributed by atoms with E-state index in [-0.39, 0.29) is 5.91 Å². The van der Waals surface area contributed by atoms with Gasteiger partial charge in [0.15, 0.2) is 11.0 Å². The summed E-state index contributed by atoms with van der Waals surface area (Å²) in [7, 11) is 0. The summed E-state index contributed by atoms with van der Waals surface area (Å²) in [6.45, 7) is 3.84. The number of carbonyl (C=O) groups is 1. The summed E-state index contributed by atoms with van der Waals surface area (Å²) in [4.78, 5) is 12.8. The van der Waals surface area contributed by atoms with Crippen LogP contribution in [-0.2, 0) is 4.79 Å². The predicted molar refractivity (Wildman–Crippen MR) is 132 cm³/mol. The van der Waals surface area contributed by atoms with Crippen LogP contribution in [0.2, 0.25) is 5.02 Å². The predicted octanol–water partition coefficient (Wildman–Crippen LogP) is 5.89. The molecule has 1 amide bonds. The summed E-state index contributed by atoms with van der Waals surface area (Å²) < 4.78 is 1.94. The molecular weight excluding hydrogens is 454 g/mol. The number of amides is 1. The second kappa shape index (κ2) is 9.90. The van der Waals surface area contributed by atoms with Crippen LogP contribution in [0.25, 0.3) is 17.1 Å². The maximum atomic E-state index is 12.8. The van der Waals surface area contributed by atoms with Crippen LogP contribution >= 0.6 is 23.4 Å². The van der Waals surface area contributed by atoms with Crippen LogP contribution in [0.5, 0.6) is 0 Å². The first-order valence-corrected chi connectivity index (χ1v) is 11.5. The second-order valence-corrected chi connectivity index (χ2v) is 9.17. The lowest BCUT2D eigenvalue weighted by Crippen LogP contribution is -2.23. The topological polar surface area (TPSA) is 83.6 Å². The van der Waals surface area contributed by atoms with Gasteiger partial charge in [-0.15, -0.1) is 10.2 Å². The first kappa shape index (κ1) is 22.6. The smallest absolute Gasteiger partial charge is 0.237 e. The Bertz CT molecular complexity index is 1330. The highest BCUT2D eigenvalue weighted by atomic mass is 35.5. The van der Waals surface area contributed by atoms with Gasteiger partial charge in [0.1, 0.15) is 0 Å². The van der Waals surface area contributed by atoms with Gasteiger partial charge in [0, 0.05) is 22.0 Å². The lowest BCUT2D eigenvalue weighted by atomic mass is 10.2. The average Bonchev–Trinajstić information content (AvgIpc) is 3.23. The maximum absolute atomic E-state index is 12.8. The fraction of sp³-hybridized carbons (Fsp3) is 0.120. The Balaban J connectivity index is 1.64. The molecule has 4 rings (SSSR count). The summed E-state index contributed by atoms with van der Waals surface area (Å²) in [6.07, 6.45) is 0. The van der Waals surface area contributed by atoms with E-state index in [2.05, 4.69) is 21.6 Å². The van der Waals surface area contributed by atoms with E-state index in [0.29, 0.717) is 27.3 Å². The number of hydrogen-bond acceptors (Lipinski definition) is 5. The van der Waals surface area contributed by atoms with Crippen molar-refractivity contribution in [3.8, 4) is 23.1 Å². The molecule has 0 aliphatic heterocycles. The fourth-order valence-corrected chi connectivity index (χ4v) is 4.17. The molecule has 1 N–H and O–H groups in total. The van der Waals surface area contributed by atoms with Crippen LogP contribution < -0.4 is 5.32 Å². The molecule has 0 saturated carbocycles. The number of nitrogens with one attached hydrogen (secondary N) is 1. The molecule has 0 aliphatic rings. The minimum Gasteiger partial charge on any atom is -0.325 e. The number of aryl methyl sites for hydroxylation is 1. The molecule has 0 saturated heterocycles. The van der Waals surface area contributed by atoms with Crippen LogP contribution in [0.1, 0.15) is 18.1 Å². The van der Waals surface area contributed by atoms with Crippen LogP contribution in [-0.4, -0.2) is 25.9 Å². The highest BCUT2D eigenvalue weighted by molar-refractivity contribution is 8.00. The first-order valence-electron chi connectivity index (χ1n) is 10.2. The normalized spacial score (nSPS) is 11.6. The number of hydrogen-bond donors (Lipinski definition) is 1. The van der Waals surface area contributed by atoms with Crippen molar-refractivity contribution in [1.82, 2.24) is 14.8 Å². The van der Waals surface area contributed by atoms with E-state index in [4.69, 9.17) is 16.9 Å². The zero-order valence-corrected chi connectivity index (χ0v) is 19.6. The van der Waals surface area contributed by atoms with Gasteiger partial charge in [-0.1, -0.05) is 47.1 Å². The quantitative estimate of drug-likeness (QED) is 0.353. The van der Waals surface area contributed by atoms with Gasteiger partial charge in [0.25, 0.3) is 0 Å². The zero-order valence-electron chi connectivity index (χ0n) is 18.0. The fourth-order valence-electron chi connectivity index (χ4n) is 3.18. The minimum absolute atomic E-state index is 0.193. The Kier molecular flexibility index (Phi) is 6.78. The first-order chi connectivity index (χ1) is 15.9. The van der Waals surface area contributed by atoms with Crippen LogP contribution in [0, 0.1) is 18.3 Å². The third-order valence-corrected chi connectivity index (χ3v) is 6.23. The second-order valence-electron chi connectivity index (χ2n) is 7.43. The van der Waals surface area contributed by atoms with Crippen molar-refractivity contribution in [3.63, 3.8) is 0 Å². The molecule has 0 bridgehead atoms. The Morgan fingerprint density at radius 1 is 1.09 bits per heavy atom. The van der Waals surface area contributed by atoms with Gasteiger partial charge >= 0.3 is 0 Å². The number of rotatable bonds is 6. The van der Waals surface area contributed by atoms with E-state index in [1.165, 1.54) is 11.8 Å². The molecule has 1 aromatic heterocycles. The summed E-state index contributed by atoms with van der Waals surface area (Å²) in [6, 6.07) is 24.3. The van der Waals surface area contributed by atoms with Crippen molar-refractivity contribution in [2.45, 2.75) is 24.3 Å². The molecule has 0 fully saturated rings. The average molecular weight is 474 g/mol. The van der Waals surface area contributed by atoms with Crippen molar-refractivity contribution in [2.24, 2.45) is 0 Å². The molecule has 1 atom stereocenters. The molecule has 8 heteroatoms. The number of nitrogens with zero attached hydrogens (tertiary/aromatic N) is 4. The van der Waals surface area contributed by atoms with E-state index >= 15 is 0 Å². The summed E-state index contributed by atoms with van der Waals surface area (Å²) in [5.74, 6) is 0.467. The number of halogens is 1. The minimum atomic E-state index is -0.456. The molecule has 6 nitrogen and oxygen atoms in total. The molecular formula is C25H20ClN5OS. The molecule has 1 unspecified atom stereocenters. The van der Waals surface area contributed by atoms with Crippen molar-refractivity contribution >= 4 is 35.0 Å². The molecule has 0 radical (unpaired) electrons. The Labute approximate surface area is 201 Å². The number of aromatic nitrogens is 3. The van der Waals surface area contributed by atoms with Crippen LogP contribution in [0.15, 0.2) is 78.0 Å². The van der Waals surface area contributed by atoms with Crippen molar-refractivity contribution in [2.75, 3.05) is 5.32 Å². The van der Waals surface area contributed by atoms with Crippen LogP contribution in [0.4, 0.5) is 5.69 Å². The highest BCUT2D eigenvalue weighted by Gasteiger charge is 2.22. The molecule has 1 heterocycles. The number of benzene rings is 3. The summed E-state index contributed by atoms with van der Waals surface area (Å²) in [5, 5.41) is 21.5. The highest BCUT2D eigenvalue weighted by Crippen LogP contribution is 2.31. The largest absolute Gasteiger partial charge is 0.325 e. The third kappa shape index (κ3) is 5.25. The maximum Gasteiger partial charge on any atom is 0.237 e. The van der Waals surface area contributed by atoms with E-state index < -0.39 is 5.25 Å². The Morgan fingerprint density at radius 2 is 1.82 bits per heavy atom. The molecule has 0 aliphatic carbocycles. The molecule has 0 spiro atoms. The van der Waals surface area contributed by atoms with Crippen LogP contribution in [0.3, 0.4) is 0 Å². The zero-order chi connectivity index (χ0) is 23.4. The molecule has 164 valence electrons. The van der Waals surface area contributed by atoms with E-state index in [1.807, 2.05) is 66.9 Å². The van der Waals surface area contributed by atoms with Gasteiger partial charge in [-0.3, -0.25) is 9.36 Å². The Hall–Kier alpha value is -3.60. The lowest BCUT2D eigenvalue weighted by molar-refractivity contribution is -0.115. The molecule has 4 aromatic rings. The van der Waals surface area contributed by atoms with E-state index in [9.17, 15) is 4.79 Å². The van der Waals surface area contributed by atoms with Gasteiger partial charge in [-0.05, 0) is 68.4 Å². The molecule has 3 aromatic carbocycles. The SMILES string of the molecule is Cc1ccc(-n2c(SC(C)C(=O)Nc3cccc(C#N)c3)nnc2-c2ccc(Cl)cc2)cc1. The van der Waals surface area contributed by atoms with Crippen molar-refractivity contribution in [3.05, 3.63) is 88.9 Å². The van der Waals surface area contributed by atoms with Gasteiger partial charge in [-0.2, -0.15) is 5.26 Å². The Morgan fingerprint density at radius 3 is 2.52 bits per heavy atom. The third-order valence-electron chi connectivity index (χ3n) is 4.94. The van der Waals surface area contributed by atoms with E-state index in [0.717, 1.165) is 16.8 Å². The van der Waals surface area contributed by atoms with E-state index in [1.54, 1.807) is 24.3 Å².